The fraction of sp³-hybridized carbons (Fsp3) is 0.385. The second-order valence-electron chi connectivity index (χ2n) is 4.17. The van der Waals surface area contributed by atoms with Crippen LogP contribution in [-0.2, 0) is 4.79 Å². The predicted molar refractivity (Wildman–Crippen MR) is 61.7 cm³/mol. The van der Waals surface area contributed by atoms with E-state index < -0.39 is 11.9 Å². The first kappa shape index (κ1) is 12.4. The fourth-order valence-electron chi connectivity index (χ4n) is 1.40. The smallest absolute Gasteiger partial charge is 0.306 e. The lowest BCUT2D eigenvalue weighted by atomic mass is 9.97. The molecule has 86 valence electrons. The van der Waals surface area contributed by atoms with Crippen LogP contribution in [0.4, 0.5) is 0 Å². The molecule has 0 aromatic heterocycles. The van der Waals surface area contributed by atoms with Crippen LogP contribution in [0.3, 0.4) is 0 Å². The third kappa shape index (κ3) is 2.92. The van der Waals surface area contributed by atoms with Gasteiger partial charge in [0.1, 0.15) is 0 Å². The Hall–Kier alpha value is -1.64. The molecular weight excluding hydrogens is 204 g/mol. The summed E-state index contributed by atoms with van der Waals surface area (Å²) in [5, 5.41) is 8.72. The summed E-state index contributed by atoms with van der Waals surface area (Å²) in [6, 6.07) is 5.44. The van der Waals surface area contributed by atoms with E-state index in [-0.39, 0.29) is 12.2 Å². The standard InChI is InChI=1S/C13H16O3/c1-8-4-5-11(6-9(8)2)12(14)7-10(3)13(15)16/h4-6,10H,7H2,1-3H3,(H,15,16). The number of ketones is 1. The van der Waals surface area contributed by atoms with Gasteiger partial charge in [-0.15, -0.1) is 0 Å². The van der Waals surface area contributed by atoms with Crippen LogP contribution in [-0.4, -0.2) is 16.9 Å². The van der Waals surface area contributed by atoms with E-state index >= 15 is 0 Å². The van der Waals surface area contributed by atoms with Crippen LogP contribution in [0.25, 0.3) is 0 Å². The highest BCUT2D eigenvalue weighted by Crippen LogP contribution is 2.14. The molecule has 3 nitrogen and oxygen atoms in total. The maximum Gasteiger partial charge on any atom is 0.306 e. The molecule has 1 N–H and O–H groups in total. The monoisotopic (exact) mass is 220 g/mol. The zero-order valence-corrected chi connectivity index (χ0v) is 9.78. The zero-order valence-electron chi connectivity index (χ0n) is 9.78. The maximum absolute atomic E-state index is 11.8. The Morgan fingerprint density at radius 1 is 1.25 bits per heavy atom. The molecule has 1 aromatic rings. The van der Waals surface area contributed by atoms with Gasteiger partial charge in [-0.2, -0.15) is 0 Å². The van der Waals surface area contributed by atoms with E-state index in [1.807, 2.05) is 26.0 Å². The van der Waals surface area contributed by atoms with Crippen molar-refractivity contribution in [3.8, 4) is 0 Å². The van der Waals surface area contributed by atoms with Crippen LogP contribution in [0.15, 0.2) is 18.2 Å². The van der Waals surface area contributed by atoms with Gasteiger partial charge in [0.2, 0.25) is 0 Å². The summed E-state index contributed by atoms with van der Waals surface area (Å²) in [7, 11) is 0. The largest absolute Gasteiger partial charge is 0.481 e. The van der Waals surface area contributed by atoms with E-state index in [0.29, 0.717) is 5.56 Å². The number of carbonyl (C=O) groups is 2. The van der Waals surface area contributed by atoms with Gasteiger partial charge < -0.3 is 5.11 Å². The predicted octanol–water partition coefficient (Wildman–Crippen LogP) is 2.60. The second-order valence-corrected chi connectivity index (χ2v) is 4.17. The van der Waals surface area contributed by atoms with Crippen LogP contribution in [0.1, 0.15) is 34.8 Å². The molecule has 0 heterocycles. The number of carboxylic acid groups (broad SMARTS) is 1. The van der Waals surface area contributed by atoms with Gasteiger partial charge in [-0.1, -0.05) is 19.1 Å². The molecule has 1 atom stereocenters. The molecule has 0 saturated carbocycles. The average Bonchev–Trinajstić information content (AvgIpc) is 2.21. The first-order chi connectivity index (χ1) is 7.41. The second kappa shape index (κ2) is 4.92. The Balaban J connectivity index is 2.81. The minimum absolute atomic E-state index is 0.0534. The van der Waals surface area contributed by atoms with Crippen molar-refractivity contribution in [3.05, 3.63) is 34.9 Å². The Morgan fingerprint density at radius 2 is 1.88 bits per heavy atom. The van der Waals surface area contributed by atoms with Crippen molar-refractivity contribution in [2.45, 2.75) is 27.2 Å². The first-order valence-corrected chi connectivity index (χ1v) is 5.25. The van der Waals surface area contributed by atoms with Crippen molar-refractivity contribution < 1.29 is 14.7 Å². The zero-order chi connectivity index (χ0) is 12.3. The van der Waals surface area contributed by atoms with Gasteiger partial charge in [-0.25, -0.2) is 0 Å². The minimum Gasteiger partial charge on any atom is -0.481 e. The lowest BCUT2D eigenvalue weighted by Gasteiger charge is -2.07. The Kier molecular flexibility index (Phi) is 3.82. The lowest BCUT2D eigenvalue weighted by Crippen LogP contribution is -2.14. The summed E-state index contributed by atoms with van der Waals surface area (Å²) < 4.78 is 0. The van der Waals surface area contributed by atoms with E-state index in [1.165, 1.54) is 0 Å². The molecule has 0 aliphatic rings. The molecule has 0 spiro atoms. The maximum atomic E-state index is 11.8. The Labute approximate surface area is 95.1 Å². The first-order valence-electron chi connectivity index (χ1n) is 5.25. The van der Waals surface area contributed by atoms with Crippen molar-refractivity contribution in [2.75, 3.05) is 0 Å². The number of aryl methyl sites for hydroxylation is 2. The van der Waals surface area contributed by atoms with Crippen LogP contribution < -0.4 is 0 Å². The van der Waals surface area contributed by atoms with Crippen LogP contribution in [0.5, 0.6) is 0 Å². The van der Waals surface area contributed by atoms with Crippen molar-refractivity contribution >= 4 is 11.8 Å². The minimum atomic E-state index is -0.933. The summed E-state index contributed by atoms with van der Waals surface area (Å²) in [5.74, 6) is -1.68. The number of Topliss-reactive ketones (excluding diaryl/α,β-unsaturated/α-hetero) is 1. The molecule has 0 saturated heterocycles. The van der Waals surface area contributed by atoms with E-state index in [2.05, 4.69) is 0 Å². The van der Waals surface area contributed by atoms with Gasteiger partial charge in [0.25, 0.3) is 0 Å². The number of carbonyl (C=O) groups excluding carboxylic acids is 1. The molecule has 0 aliphatic heterocycles. The molecular formula is C13H16O3. The number of hydrogen-bond donors (Lipinski definition) is 1. The normalized spacial score (nSPS) is 12.2. The van der Waals surface area contributed by atoms with Gasteiger partial charge in [0.05, 0.1) is 5.92 Å². The van der Waals surface area contributed by atoms with E-state index in [0.717, 1.165) is 11.1 Å². The highest BCUT2D eigenvalue weighted by Gasteiger charge is 2.17. The lowest BCUT2D eigenvalue weighted by molar-refractivity contribution is -0.141. The highest BCUT2D eigenvalue weighted by molar-refractivity contribution is 5.98. The summed E-state index contributed by atoms with van der Waals surface area (Å²) in [6.07, 6.45) is 0.0534. The molecule has 0 fully saturated rings. The number of rotatable bonds is 4. The summed E-state index contributed by atoms with van der Waals surface area (Å²) in [5.41, 5.74) is 2.77. The molecule has 0 amide bonds. The summed E-state index contributed by atoms with van der Waals surface area (Å²) >= 11 is 0. The molecule has 0 radical (unpaired) electrons. The van der Waals surface area contributed by atoms with Crippen molar-refractivity contribution in [1.82, 2.24) is 0 Å². The van der Waals surface area contributed by atoms with Crippen molar-refractivity contribution in [3.63, 3.8) is 0 Å². The molecule has 16 heavy (non-hydrogen) atoms. The fourth-order valence-corrected chi connectivity index (χ4v) is 1.40. The highest BCUT2D eigenvalue weighted by atomic mass is 16.4. The summed E-state index contributed by atoms with van der Waals surface area (Å²) in [6.45, 7) is 5.46. The number of carboxylic acids is 1. The Bertz CT molecular complexity index is 421. The Morgan fingerprint density at radius 3 is 2.38 bits per heavy atom. The van der Waals surface area contributed by atoms with Crippen LogP contribution in [0, 0.1) is 19.8 Å². The van der Waals surface area contributed by atoms with Gasteiger partial charge in [-0.3, -0.25) is 9.59 Å². The van der Waals surface area contributed by atoms with Gasteiger partial charge in [0, 0.05) is 12.0 Å². The topological polar surface area (TPSA) is 54.4 Å². The van der Waals surface area contributed by atoms with Crippen molar-refractivity contribution in [2.24, 2.45) is 5.92 Å². The third-order valence-electron chi connectivity index (χ3n) is 2.74. The van der Waals surface area contributed by atoms with Gasteiger partial charge in [0.15, 0.2) is 5.78 Å². The van der Waals surface area contributed by atoms with Crippen LogP contribution >= 0.6 is 0 Å². The molecule has 1 aromatic carbocycles. The molecule has 3 heteroatoms. The van der Waals surface area contributed by atoms with E-state index in [4.69, 9.17) is 5.11 Å². The SMILES string of the molecule is Cc1ccc(C(=O)CC(C)C(=O)O)cc1C. The third-order valence-corrected chi connectivity index (χ3v) is 2.74. The van der Waals surface area contributed by atoms with Gasteiger partial charge >= 0.3 is 5.97 Å². The summed E-state index contributed by atoms with van der Waals surface area (Å²) in [4.78, 5) is 22.4. The molecule has 0 aliphatic carbocycles. The number of hydrogen-bond acceptors (Lipinski definition) is 2. The molecule has 0 bridgehead atoms. The molecule has 1 rings (SSSR count). The van der Waals surface area contributed by atoms with E-state index in [1.54, 1.807) is 13.0 Å². The van der Waals surface area contributed by atoms with E-state index in [9.17, 15) is 9.59 Å². The van der Waals surface area contributed by atoms with Gasteiger partial charge in [-0.05, 0) is 31.0 Å². The molecule has 1 unspecified atom stereocenters. The average molecular weight is 220 g/mol. The number of benzene rings is 1. The van der Waals surface area contributed by atoms with Crippen molar-refractivity contribution in [1.29, 1.82) is 0 Å². The van der Waals surface area contributed by atoms with Crippen LogP contribution in [0.2, 0.25) is 0 Å². The number of aliphatic carboxylic acids is 1. The quantitative estimate of drug-likeness (QED) is 0.793.